The maximum atomic E-state index is 13.2. The zero-order chi connectivity index (χ0) is 18.3. The number of benzene rings is 1. The van der Waals surface area contributed by atoms with Gasteiger partial charge in [0, 0.05) is 24.7 Å². The van der Waals surface area contributed by atoms with E-state index in [1.165, 1.54) is 0 Å². The minimum Gasteiger partial charge on any atom is -0.481 e. The van der Waals surface area contributed by atoms with Gasteiger partial charge in [0.05, 0.1) is 17.4 Å². The Bertz CT molecular complexity index is 710. The molecule has 0 aromatic heterocycles. The molecule has 26 heavy (non-hydrogen) atoms. The van der Waals surface area contributed by atoms with Crippen molar-refractivity contribution in [3.8, 4) is 0 Å². The Hall–Kier alpha value is -1.59. The van der Waals surface area contributed by atoms with E-state index in [1.54, 1.807) is 0 Å². The molecule has 2 saturated heterocycles. The highest BCUT2D eigenvalue weighted by Crippen LogP contribution is 2.50. The molecule has 1 aromatic rings. The van der Waals surface area contributed by atoms with Crippen LogP contribution in [0.3, 0.4) is 0 Å². The van der Waals surface area contributed by atoms with E-state index in [2.05, 4.69) is 0 Å². The molecule has 1 N–H and O–H groups in total. The van der Waals surface area contributed by atoms with Gasteiger partial charge in [0.1, 0.15) is 0 Å². The summed E-state index contributed by atoms with van der Waals surface area (Å²) in [6, 6.07) is 7.63. The van der Waals surface area contributed by atoms with Crippen LogP contribution in [-0.2, 0) is 19.7 Å². The van der Waals surface area contributed by atoms with Gasteiger partial charge in [-0.2, -0.15) is 0 Å². The lowest BCUT2D eigenvalue weighted by molar-refractivity contribution is -0.146. The maximum Gasteiger partial charge on any atom is 0.309 e. The van der Waals surface area contributed by atoms with Gasteiger partial charge in [-0.25, -0.2) is 0 Å². The predicted molar refractivity (Wildman–Crippen MR) is 97.2 cm³/mol. The first-order chi connectivity index (χ1) is 12.5. The van der Waals surface area contributed by atoms with Crippen molar-refractivity contribution in [3.63, 3.8) is 0 Å². The lowest BCUT2D eigenvalue weighted by Crippen LogP contribution is -2.46. The second kappa shape index (κ2) is 6.86. The van der Waals surface area contributed by atoms with Crippen LogP contribution in [0, 0.1) is 11.8 Å². The number of hydrogen-bond acceptors (Lipinski definition) is 3. The number of halogens is 1. The number of piperidine rings is 1. The molecule has 0 radical (unpaired) electrons. The molecule has 1 aliphatic carbocycles. The number of carboxylic acid groups (broad SMARTS) is 1. The summed E-state index contributed by atoms with van der Waals surface area (Å²) in [5, 5.41) is 10.0. The smallest absolute Gasteiger partial charge is 0.309 e. The van der Waals surface area contributed by atoms with Crippen molar-refractivity contribution in [2.75, 3.05) is 19.7 Å². The quantitative estimate of drug-likeness (QED) is 0.875. The highest BCUT2D eigenvalue weighted by atomic mass is 35.5. The molecule has 6 heteroatoms. The Labute approximate surface area is 158 Å². The van der Waals surface area contributed by atoms with E-state index in [-0.39, 0.29) is 17.9 Å². The molecule has 1 saturated carbocycles. The average molecular weight is 378 g/mol. The summed E-state index contributed by atoms with van der Waals surface area (Å²) in [6.07, 6.45) is 3.76. The van der Waals surface area contributed by atoms with Gasteiger partial charge in [-0.3, -0.25) is 9.59 Å². The van der Waals surface area contributed by atoms with E-state index in [9.17, 15) is 14.7 Å². The summed E-state index contributed by atoms with van der Waals surface area (Å²) < 4.78 is 5.73. The van der Waals surface area contributed by atoms with Crippen molar-refractivity contribution < 1.29 is 19.4 Å². The van der Waals surface area contributed by atoms with Crippen LogP contribution >= 0.6 is 11.6 Å². The summed E-state index contributed by atoms with van der Waals surface area (Å²) in [6.45, 7) is 1.88. The number of carbonyl (C=O) groups excluding carboxylic acids is 1. The summed E-state index contributed by atoms with van der Waals surface area (Å²) in [5.74, 6) is -0.739. The van der Waals surface area contributed by atoms with Crippen LogP contribution in [-0.4, -0.2) is 47.7 Å². The number of hydrogen-bond donors (Lipinski definition) is 1. The topological polar surface area (TPSA) is 66.8 Å². The highest BCUT2D eigenvalue weighted by Gasteiger charge is 2.53. The number of likely N-dealkylation sites (tertiary alicyclic amines) is 1. The molecule has 140 valence electrons. The number of amides is 1. The Balaban J connectivity index is 1.40. The number of nitrogens with zero attached hydrogens (tertiary/aromatic N) is 1. The molecule has 5 nitrogen and oxygen atoms in total. The van der Waals surface area contributed by atoms with Crippen LogP contribution in [0.4, 0.5) is 0 Å². The first-order valence-corrected chi connectivity index (χ1v) is 9.79. The lowest BCUT2D eigenvalue weighted by atomic mass is 9.83. The molecule has 3 fully saturated rings. The van der Waals surface area contributed by atoms with Crippen LogP contribution in [0.15, 0.2) is 24.3 Å². The van der Waals surface area contributed by atoms with Gasteiger partial charge in [-0.1, -0.05) is 23.7 Å². The van der Waals surface area contributed by atoms with Crippen LogP contribution < -0.4 is 0 Å². The SMILES string of the molecule is O=C(O)C1CCO[C@H]1C1CCN(C(=O)C2(c3cccc(Cl)c3)CC2)CC1. The molecule has 0 bridgehead atoms. The van der Waals surface area contributed by atoms with Gasteiger partial charge in [0.2, 0.25) is 5.91 Å². The zero-order valence-electron chi connectivity index (χ0n) is 14.7. The lowest BCUT2D eigenvalue weighted by Gasteiger charge is -2.37. The third-order valence-corrected chi connectivity index (χ3v) is 6.52. The van der Waals surface area contributed by atoms with Crippen molar-refractivity contribution in [2.24, 2.45) is 11.8 Å². The minimum absolute atomic E-state index is 0.195. The van der Waals surface area contributed by atoms with E-state index in [4.69, 9.17) is 16.3 Å². The first kappa shape index (κ1) is 17.8. The van der Waals surface area contributed by atoms with Crippen molar-refractivity contribution in [3.05, 3.63) is 34.9 Å². The highest BCUT2D eigenvalue weighted by molar-refractivity contribution is 6.30. The van der Waals surface area contributed by atoms with Gasteiger partial charge < -0.3 is 14.7 Å². The first-order valence-electron chi connectivity index (χ1n) is 9.41. The van der Waals surface area contributed by atoms with E-state index >= 15 is 0 Å². The number of carbonyl (C=O) groups is 2. The number of aliphatic carboxylic acids is 1. The van der Waals surface area contributed by atoms with Gasteiger partial charge >= 0.3 is 5.97 Å². The van der Waals surface area contributed by atoms with Gasteiger partial charge in [-0.15, -0.1) is 0 Å². The van der Waals surface area contributed by atoms with Gasteiger partial charge in [-0.05, 0) is 55.7 Å². The zero-order valence-corrected chi connectivity index (χ0v) is 15.5. The third kappa shape index (κ3) is 3.12. The normalized spacial score (nSPS) is 28.1. The second-order valence-corrected chi connectivity index (χ2v) is 8.23. The molecule has 1 amide bonds. The standard InChI is InChI=1S/C20H24ClNO4/c21-15-3-1-2-14(12-15)20(7-8-20)19(25)22-9-4-13(5-10-22)17-16(18(23)24)6-11-26-17/h1-3,12-13,16-17H,4-11H2,(H,23,24)/t16?,17-/m0/s1. The summed E-state index contributed by atoms with van der Waals surface area (Å²) >= 11 is 6.11. The van der Waals surface area contributed by atoms with Crippen molar-refractivity contribution in [1.29, 1.82) is 0 Å². The van der Waals surface area contributed by atoms with Gasteiger partial charge in [0.25, 0.3) is 0 Å². The van der Waals surface area contributed by atoms with Crippen LogP contribution in [0.25, 0.3) is 0 Å². The summed E-state index contributed by atoms with van der Waals surface area (Å²) in [5.41, 5.74) is 0.618. The molecule has 2 aliphatic heterocycles. The molecule has 0 spiro atoms. The average Bonchev–Trinajstić information content (AvgIpc) is 3.30. The maximum absolute atomic E-state index is 13.2. The number of ether oxygens (including phenoxy) is 1. The van der Waals surface area contributed by atoms with Crippen molar-refractivity contribution >= 4 is 23.5 Å². The van der Waals surface area contributed by atoms with E-state index in [1.807, 2.05) is 29.2 Å². The predicted octanol–water partition coefficient (Wildman–Crippen LogP) is 3.10. The van der Waals surface area contributed by atoms with Crippen LogP contribution in [0.5, 0.6) is 0 Å². The van der Waals surface area contributed by atoms with E-state index < -0.39 is 17.3 Å². The fourth-order valence-corrected chi connectivity index (χ4v) is 4.80. The Morgan fingerprint density at radius 2 is 1.92 bits per heavy atom. The summed E-state index contributed by atoms with van der Waals surface area (Å²) in [7, 11) is 0. The molecule has 2 atom stereocenters. The Kier molecular flexibility index (Phi) is 4.70. The molecular formula is C20H24ClNO4. The monoisotopic (exact) mass is 377 g/mol. The van der Waals surface area contributed by atoms with E-state index in [0.29, 0.717) is 31.1 Å². The molecule has 1 unspecified atom stereocenters. The van der Waals surface area contributed by atoms with Crippen molar-refractivity contribution in [2.45, 2.75) is 43.6 Å². The number of carboxylic acids is 1. The second-order valence-electron chi connectivity index (χ2n) is 7.79. The largest absolute Gasteiger partial charge is 0.481 e. The molecule has 4 rings (SSSR count). The van der Waals surface area contributed by atoms with Crippen molar-refractivity contribution in [1.82, 2.24) is 4.90 Å². The summed E-state index contributed by atoms with van der Waals surface area (Å²) in [4.78, 5) is 26.5. The van der Waals surface area contributed by atoms with Crippen LogP contribution in [0.1, 0.15) is 37.7 Å². The molecule has 1 aromatic carbocycles. The van der Waals surface area contributed by atoms with Gasteiger partial charge in [0.15, 0.2) is 0 Å². The Morgan fingerprint density at radius 3 is 2.54 bits per heavy atom. The Morgan fingerprint density at radius 1 is 1.19 bits per heavy atom. The fourth-order valence-electron chi connectivity index (χ4n) is 4.61. The fraction of sp³-hybridized carbons (Fsp3) is 0.600. The molecule has 2 heterocycles. The molecule has 3 aliphatic rings. The minimum atomic E-state index is -0.760. The third-order valence-electron chi connectivity index (χ3n) is 6.28. The number of rotatable bonds is 4. The molecular weight excluding hydrogens is 354 g/mol. The van der Waals surface area contributed by atoms with Crippen LogP contribution in [0.2, 0.25) is 5.02 Å². The van der Waals surface area contributed by atoms with E-state index in [0.717, 1.165) is 31.2 Å².